The lowest BCUT2D eigenvalue weighted by Gasteiger charge is -2.12. The third-order valence-corrected chi connectivity index (χ3v) is 4.13. The summed E-state index contributed by atoms with van der Waals surface area (Å²) in [6.07, 6.45) is 1.97. The van der Waals surface area contributed by atoms with Crippen LogP contribution in [0.4, 0.5) is 0 Å². The quantitative estimate of drug-likeness (QED) is 0.748. The van der Waals surface area contributed by atoms with Gasteiger partial charge in [-0.25, -0.2) is 9.78 Å². The number of hydrogen-bond donors (Lipinski definition) is 1. The summed E-state index contributed by atoms with van der Waals surface area (Å²) in [5, 5.41) is 10.1. The molecular weight excluding hydrogens is 284 g/mol. The Bertz CT molecular complexity index is 839. The highest BCUT2D eigenvalue weighted by Crippen LogP contribution is 2.29. The molecule has 1 heterocycles. The second-order valence-corrected chi connectivity index (χ2v) is 5.45. The van der Waals surface area contributed by atoms with Crippen LogP contribution in [0.25, 0.3) is 16.7 Å². The summed E-state index contributed by atoms with van der Waals surface area (Å²) in [4.78, 5) is 15.9. The fourth-order valence-corrected chi connectivity index (χ4v) is 3.04. The molecule has 0 fully saturated rings. The van der Waals surface area contributed by atoms with Crippen molar-refractivity contribution in [1.82, 2.24) is 9.55 Å². The number of thioether (sulfide) groups is 1. The Morgan fingerprint density at radius 1 is 1.19 bits per heavy atom. The minimum Gasteiger partial charge on any atom is -0.478 e. The molecule has 5 heteroatoms. The van der Waals surface area contributed by atoms with Gasteiger partial charge in [0.1, 0.15) is 0 Å². The number of hydrogen-bond acceptors (Lipinski definition) is 3. The number of nitrogens with zero attached hydrogens (tertiary/aromatic N) is 2. The van der Waals surface area contributed by atoms with Gasteiger partial charge in [0.05, 0.1) is 22.3 Å². The minimum absolute atomic E-state index is 0.317. The first-order chi connectivity index (χ1) is 10.1. The number of carboxylic acids is 1. The number of aromatic nitrogens is 2. The number of benzene rings is 2. The first-order valence-electron chi connectivity index (χ1n) is 6.48. The van der Waals surface area contributed by atoms with Gasteiger partial charge in [0.2, 0.25) is 0 Å². The molecule has 0 unspecified atom stereocenters. The minimum atomic E-state index is -0.913. The van der Waals surface area contributed by atoms with Crippen LogP contribution in [0.5, 0.6) is 0 Å². The van der Waals surface area contributed by atoms with Gasteiger partial charge in [-0.2, -0.15) is 0 Å². The van der Waals surface area contributed by atoms with Gasteiger partial charge in [-0.3, -0.25) is 4.57 Å². The summed E-state index contributed by atoms with van der Waals surface area (Å²) in [7, 11) is 0. The monoisotopic (exact) mass is 298 g/mol. The Labute approximate surface area is 126 Å². The third kappa shape index (κ3) is 2.19. The summed E-state index contributed by atoms with van der Waals surface area (Å²) in [5.41, 5.74) is 3.79. The molecule has 0 atom stereocenters. The van der Waals surface area contributed by atoms with Gasteiger partial charge >= 0.3 is 5.97 Å². The van der Waals surface area contributed by atoms with Crippen molar-refractivity contribution < 1.29 is 9.90 Å². The Morgan fingerprint density at radius 3 is 2.67 bits per heavy atom. The predicted molar refractivity (Wildman–Crippen MR) is 84.5 cm³/mol. The lowest BCUT2D eigenvalue weighted by Crippen LogP contribution is -2.05. The van der Waals surface area contributed by atoms with Gasteiger partial charge in [0.15, 0.2) is 5.16 Å². The third-order valence-electron chi connectivity index (χ3n) is 3.49. The summed E-state index contributed by atoms with van der Waals surface area (Å²) in [5.74, 6) is -0.913. The average Bonchev–Trinajstić information content (AvgIpc) is 2.85. The summed E-state index contributed by atoms with van der Waals surface area (Å²) in [6, 6.07) is 13.2. The van der Waals surface area contributed by atoms with Crippen LogP contribution >= 0.6 is 11.8 Å². The van der Waals surface area contributed by atoms with Crippen molar-refractivity contribution in [2.45, 2.75) is 12.1 Å². The Morgan fingerprint density at radius 2 is 1.95 bits per heavy atom. The standard InChI is InChI=1S/C16H14N2O2S/c1-10-11(15(19)20)6-5-9-13(10)18-14-8-4-3-7-12(14)17-16(18)21-2/h3-9H,1-2H3,(H,19,20). The van der Waals surface area contributed by atoms with E-state index >= 15 is 0 Å². The first-order valence-corrected chi connectivity index (χ1v) is 7.70. The van der Waals surface area contributed by atoms with Crippen LogP contribution in [0.15, 0.2) is 47.6 Å². The number of para-hydroxylation sites is 2. The van der Waals surface area contributed by atoms with Crippen molar-refractivity contribution in [2.24, 2.45) is 0 Å². The zero-order valence-electron chi connectivity index (χ0n) is 11.7. The van der Waals surface area contributed by atoms with Gasteiger partial charge in [-0.1, -0.05) is 30.0 Å². The Kier molecular flexibility index (Phi) is 3.43. The number of rotatable bonds is 3. The average molecular weight is 298 g/mol. The number of carboxylic acid groups (broad SMARTS) is 1. The van der Waals surface area contributed by atoms with E-state index in [9.17, 15) is 9.90 Å². The molecule has 0 aliphatic rings. The van der Waals surface area contributed by atoms with Crippen molar-refractivity contribution in [1.29, 1.82) is 0 Å². The van der Waals surface area contributed by atoms with Crippen LogP contribution in [0.3, 0.4) is 0 Å². The van der Waals surface area contributed by atoms with Crippen LogP contribution < -0.4 is 0 Å². The van der Waals surface area contributed by atoms with E-state index in [0.717, 1.165) is 27.4 Å². The molecule has 0 amide bonds. The van der Waals surface area contributed by atoms with Gasteiger partial charge in [-0.05, 0) is 43.0 Å². The van der Waals surface area contributed by atoms with Crippen molar-refractivity contribution in [3.8, 4) is 5.69 Å². The molecule has 0 radical (unpaired) electrons. The van der Waals surface area contributed by atoms with E-state index in [1.807, 2.05) is 48.1 Å². The SMILES string of the molecule is CSc1nc2ccccc2n1-c1cccc(C(=O)O)c1C. The van der Waals surface area contributed by atoms with Crippen molar-refractivity contribution in [3.05, 3.63) is 53.6 Å². The van der Waals surface area contributed by atoms with Crippen LogP contribution in [0.1, 0.15) is 15.9 Å². The molecule has 0 spiro atoms. The summed E-state index contributed by atoms with van der Waals surface area (Å²) >= 11 is 1.54. The normalized spacial score (nSPS) is 11.0. The van der Waals surface area contributed by atoms with Crippen LogP contribution in [0.2, 0.25) is 0 Å². The zero-order chi connectivity index (χ0) is 15.0. The smallest absolute Gasteiger partial charge is 0.336 e. The zero-order valence-corrected chi connectivity index (χ0v) is 12.5. The lowest BCUT2D eigenvalue weighted by atomic mass is 10.1. The Balaban J connectivity index is 2.35. The second-order valence-electron chi connectivity index (χ2n) is 4.68. The van der Waals surface area contributed by atoms with E-state index in [1.165, 1.54) is 0 Å². The molecule has 21 heavy (non-hydrogen) atoms. The maximum absolute atomic E-state index is 11.3. The van der Waals surface area contributed by atoms with Gasteiger partial charge in [-0.15, -0.1) is 0 Å². The molecule has 2 aromatic carbocycles. The molecule has 3 aromatic rings. The molecule has 1 N–H and O–H groups in total. The van der Waals surface area contributed by atoms with E-state index in [-0.39, 0.29) is 0 Å². The van der Waals surface area contributed by atoms with E-state index in [4.69, 9.17) is 0 Å². The van der Waals surface area contributed by atoms with Crippen molar-refractivity contribution in [2.75, 3.05) is 6.26 Å². The summed E-state index contributed by atoms with van der Waals surface area (Å²) < 4.78 is 2.02. The van der Waals surface area contributed by atoms with Crippen LogP contribution in [-0.2, 0) is 0 Å². The van der Waals surface area contributed by atoms with Crippen LogP contribution in [0, 0.1) is 6.92 Å². The van der Waals surface area contributed by atoms with Crippen molar-refractivity contribution >= 4 is 28.8 Å². The largest absolute Gasteiger partial charge is 0.478 e. The molecule has 106 valence electrons. The Hall–Kier alpha value is -2.27. The number of fused-ring (bicyclic) bond motifs is 1. The molecular formula is C16H14N2O2S. The molecule has 0 aliphatic heterocycles. The number of imidazole rings is 1. The van der Waals surface area contributed by atoms with E-state index in [2.05, 4.69) is 4.98 Å². The van der Waals surface area contributed by atoms with E-state index < -0.39 is 5.97 Å². The van der Waals surface area contributed by atoms with Gasteiger partial charge in [0, 0.05) is 0 Å². The fourth-order valence-electron chi connectivity index (χ4n) is 2.47. The molecule has 0 bridgehead atoms. The molecule has 3 rings (SSSR count). The molecule has 0 aliphatic carbocycles. The molecule has 0 saturated carbocycles. The highest BCUT2D eigenvalue weighted by Gasteiger charge is 2.16. The molecule has 1 aromatic heterocycles. The second kappa shape index (κ2) is 5.26. The predicted octanol–water partition coefficient (Wildman–Crippen LogP) is 3.75. The number of aromatic carboxylic acids is 1. The topological polar surface area (TPSA) is 55.1 Å². The van der Waals surface area contributed by atoms with Crippen LogP contribution in [-0.4, -0.2) is 26.9 Å². The van der Waals surface area contributed by atoms with E-state index in [1.54, 1.807) is 23.9 Å². The molecule has 0 saturated heterocycles. The van der Waals surface area contributed by atoms with Crippen molar-refractivity contribution in [3.63, 3.8) is 0 Å². The van der Waals surface area contributed by atoms with Gasteiger partial charge in [0.25, 0.3) is 0 Å². The molecule has 4 nitrogen and oxygen atoms in total. The highest BCUT2D eigenvalue weighted by atomic mass is 32.2. The summed E-state index contributed by atoms with van der Waals surface area (Å²) in [6.45, 7) is 1.83. The maximum Gasteiger partial charge on any atom is 0.336 e. The lowest BCUT2D eigenvalue weighted by molar-refractivity contribution is 0.0696. The van der Waals surface area contributed by atoms with Gasteiger partial charge < -0.3 is 5.11 Å². The maximum atomic E-state index is 11.3. The van der Waals surface area contributed by atoms with E-state index in [0.29, 0.717) is 5.56 Å². The fraction of sp³-hybridized carbons (Fsp3) is 0.125. The highest BCUT2D eigenvalue weighted by molar-refractivity contribution is 7.98. The number of carbonyl (C=O) groups is 1. The first kappa shape index (κ1) is 13.7.